The average Bonchev–Trinajstić information content (AvgIpc) is 3.01. The summed E-state index contributed by atoms with van der Waals surface area (Å²) in [6, 6.07) is 11.6. The van der Waals surface area contributed by atoms with E-state index in [4.69, 9.17) is 11.6 Å². The van der Waals surface area contributed by atoms with Crippen molar-refractivity contribution in [3.8, 4) is 0 Å². The van der Waals surface area contributed by atoms with Crippen LogP contribution < -0.4 is 20.7 Å². The molecule has 3 rings (SSSR count). The lowest BCUT2D eigenvalue weighted by Gasteiger charge is -2.10. The molecule has 3 amide bonds. The highest BCUT2D eigenvalue weighted by Crippen LogP contribution is 2.16. The lowest BCUT2D eigenvalue weighted by Crippen LogP contribution is -2.39. The van der Waals surface area contributed by atoms with Crippen LogP contribution in [0, 0.1) is 0 Å². The molecule has 2 aromatic rings. The second-order valence-corrected chi connectivity index (χ2v) is 7.55. The smallest absolute Gasteiger partial charge is 0.308 e. The van der Waals surface area contributed by atoms with Crippen molar-refractivity contribution in [3.63, 3.8) is 0 Å². The maximum Gasteiger partial charge on any atom is 0.323 e. The molecule has 27 heavy (non-hydrogen) atoms. The summed E-state index contributed by atoms with van der Waals surface area (Å²) in [6.45, 7) is -0.122. The minimum absolute atomic E-state index is 0.0463. The monoisotopic (exact) mass is 407 g/mol. The molecule has 0 saturated heterocycles. The number of benzene rings is 2. The number of hydrogen-bond acceptors (Lipinski definition) is 5. The zero-order valence-corrected chi connectivity index (χ0v) is 15.3. The molecule has 0 aromatic heterocycles. The molecule has 0 fully saturated rings. The van der Waals surface area contributed by atoms with Gasteiger partial charge in [0, 0.05) is 16.4 Å². The van der Waals surface area contributed by atoms with Crippen molar-refractivity contribution in [3.05, 3.63) is 53.6 Å². The number of anilines is 2. The highest BCUT2D eigenvalue weighted by atomic mass is 35.5. The number of sulfonamides is 1. The molecule has 11 heteroatoms. The van der Waals surface area contributed by atoms with E-state index in [1.807, 2.05) is 0 Å². The minimum Gasteiger partial charge on any atom is -0.308 e. The molecule has 0 spiro atoms. The Bertz CT molecular complexity index is 1000. The number of urea groups is 1. The van der Waals surface area contributed by atoms with E-state index in [0.717, 1.165) is 0 Å². The second kappa shape index (κ2) is 7.64. The predicted octanol–water partition coefficient (Wildman–Crippen LogP) is 1.75. The molecule has 0 atom stereocenters. The third-order valence-corrected chi connectivity index (χ3v) is 5.00. The summed E-state index contributed by atoms with van der Waals surface area (Å²) < 4.78 is 26.7. The molecule has 2 aromatic carbocycles. The van der Waals surface area contributed by atoms with E-state index in [0.29, 0.717) is 16.4 Å². The molecule has 0 saturated carbocycles. The molecular weight excluding hydrogens is 394 g/mol. The summed E-state index contributed by atoms with van der Waals surface area (Å²) in [5.41, 5.74) is 0.951. The zero-order valence-electron chi connectivity index (χ0n) is 13.7. The maximum absolute atomic E-state index is 12.2. The molecule has 1 aliphatic rings. The Labute approximate surface area is 159 Å². The molecular formula is C16H14ClN5O4S. The lowest BCUT2D eigenvalue weighted by atomic mass is 10.3. The molecule has 1 heterocycles. The number of amides is 3. The fourth-order valence-electron chi connectivity index (χ4n) is 2.15. The predicted molar refractivity (Wildman–Crippen MR) is 101 cm³/mol. The molecule has 140 valence electrons. The van der Waals surface area contributed by atoms with Crippen LogP contribution in [0.4, 0.5) is 16.2 Å². The van der Waals surface area contributed by atoms with E-state index >= 15 is 0 Å². The first-order chi connectivity index (χ1) is 12.8. The van der Waals surface area contributed by atoms with Crippen LogP contribution in [-0.4, -0.2) is 32.9 Å². The number of nitrogens with one attached hydrogen (secondary N) is 4. The Hall–Kier alpha value is -3.11. The summed E-state index contributed by atoms with van der Waals surface area (Å²) in [4.78, 5) is 26.7. The van der Waals surface area contributed by atoms with Crippen molar-refractivity contribution in [2.45, 2.75) is 4.90 Å². The topological polar surface area (TPSA) is 129 Å². The largest absolute Gasteiger partial charge is 0.323 e. The van der Waals surface area contributed by atoms with E-state index in [9.17, 15) is 18.0 Å². The van der Waals surface area contributed by atoms with E-state index in [1.165, 1.54) is 24.3 Å². The first-order valence-corrected chi connectivity index (χ1v) is 9.49. The van der Waals surface area contributed by atoms with Crippen LogP contribution in [0.3, 0.4) is 0 Å². The Morgan fingerprint density at radius 2 is 1.56 bits per heavy atom. The molecule has 0 unspecified atom stereocenters. The normalized spacial score (nSPS) is 13.5. The van der Waals surface area contributed by atoms with Crippen LogP contribution in [0.2, 0.25) is 5.02 Å². The van der Waals surface area contributed by atoms with Gasteiger partial charge in [0.15, 0.2) is 0 Å². The molecule has 0 aliphatic carbocycles. The maximum atomic E-state index is 12.2. The van der Waals surface area contributed by atoms with E-state index in [-0.39, 0.29) is 23.3 Å². The Balaban J connectivity index is 1.61. The van der Waals surface area contributed by atoms with Crippen LogP contribution in [0.25, 0.3) is 0 Å². The number of carbonyl (C=O) groups is 2. The number of rotatable bonds is 4. The minimum atomic E-state index is -3.90. The summed E-state index contributed by atoms with van der Waals surface area (Å²) in [5.74, 6) is -0.511. The number of hydrogen-bond donors (Lipinski definition) is 4. The van der Waals surface area contributed by atoms with Gasteiger partial charge in [0.25, 0.3) is 10.0 Å². The number of carbonyl (C=O) groups excluding carboxylic acids is 2. The van der Waals surface area contributed by atoms with Crippen LogP contribution in [0.1, 0.15) is 0 Å². The number of halogens is 1. The lowest BCUT2D eigenvalue weighted by molar-refractivity contribution is -0.117. The van der Waals surface area contributed by atoms with Gasteiger partial charge in [0.05, 0.1) is 4.90 Å². The fourth-order valence-corrected chi connectivity index (χ4v) is 3.26. The van der Waals surface area contributed by atoms with Crippen molar-refractivity contribution >= 4 is 50.9 Å². The summed E-state index contributed by atoms with van der Waals surface area (Å²) in [5, 5.41) is 8.04. The van der Waals surface area contributed by atoms with Gasteiger partial charge in [0.2, 0.25) is 11.9 Å². The van der Waals surface area contributed by atoms with Crippen LogP contribution in [-0.2, 0) is 14.8 Å². The van der Waals surface area contributed by atoms with Gasteiger partial charge in [-0.1, -0.05) is 11.6 Å². The molecule has 0 radical (unpaired) electrons. The Kier molecular flexibility index (Phi) is 5.28. The van der Waals surface area contributed by atoms with Gasteiger partial charge >= 0.3 is 6.03 Å². The second-order valence-electron chi connectivity index (χ2n) is 5.43. The van der Waals surface area contributed by atoms with E-state index in [2.05, 4.69) is 25.7 Å². The summed E-state index contributed by atoms with van der Waals surface area (Å²) >= 11 is 5.78. The van der Waals surface area contributed by atoms with Gasteiger partial charge in [-0.25, -0.2) is 22.9 Å². The first kappa shape index (κ1) is 18.7. The summed E-state index contributed by atoms with van der Waals surface area (Å²) in [6.07, 6.45) is 0. The Morgan fingerprint density at radius 3 is 2.07 bits per heavy atom. The van der Waals surface area contributed by atoms with E-state index in [1.54, 1.807) is 24.3 Å². The quantitative estimate of drug-likeness (QED) is 0.615. The third kappa shape index (κ3) is 4.96. The van der Waals surface area contributed by atoms with Crippen molar-refractivity contribution in [1.29, 1.82) is 0 Å². The fraction of sp³-hybridized carbons (Fsp3) is 0.0625. The molecule has 4 N–H and O–H groups in total. The average molecular weight is 408 g/mol. The van der Waals surface area contributed by atoms with Crippen molar-refractivity contribution in [2.24, 2.45) is 4.99 Å². The van der Waals surface area contributed by atoms with Crippen molar-refractivity contribution in [1.82, 2.24) is 10.0 Å². The van der Waals surface area contributed by atoms with Gasteiger partial charge in [-0.05, 0) is 48.5 Å². The molecule has 9 nitrogen and oxygen atoms in total. The van der Waals surface area contributed by atoms with Gasteiger partial charge in [-0.3, -0.25) is 10.1 Å². The van der Waals surface area contributed by atoms with Crippen molar-refractivity contribution in [2.75, 3.05) is 17.2 Å². The first-order valence-electron chi connectivity index (χ1n) is 7.62. The van der Waals surface area contributed by atoms with Crippen LogP contribution in [0.15, 0.2) is 58.4 Å². The standard InChI is InChI=1S/C16H14ClN5O4S/c17-10-1-3-11(4-2-10)19-16(24)20-12-5-7-13(8-6-12)27(25,26)22-15-18-9-14(23)21-15/h1-8H,9H2,(H2,19,20,24)(H2,18,21,22,23). The SMILES string of the molecule is O=C1CN=C(NS(=O)(=O)c2ccc(NC(=O)Nc3ccc(Cl)cc3)cc2)N1. The molecule has 1 aliphatic heterocycles. The zero-order chi connectivity index (χ0) is 19.4. The summed E-state index contributed by atoms with van der Waals surface area (Å²) in [7, 11) is -3.90. The third-order valence-electron chi connectivity index (χ3n) is 3.39. The van der Waals surface area contributed by atoms with Crippen molar-refractivity contribution < 1.29 is 18.0 Å². The highest BCUT2D eigenvalue weighted by Gasteiger charge is 2.21. The van der Waals surface area contributed by atoms with Crippen LogP contribution >= 0.6 is 11.6 Å². The van der Waals surface area contributed by atoms with Gasteiger partial charge in [-0.2, -0.15) is 0 Å². The number of aliphatic imine (C=N–C) groups is 1. The van der Waals surface area contributed by atoms with E-state index < -0.39 is 16.1 Å². The number of guanidine groups is 1. The van der Waals surface area contributed by atoms with Crippen LogP contribution in [0.5, 0.6) is 0 Å². The highest BCUT2D eigenvalue weighted by molar-refractivity contribution is 7.90. The van der Waals surface area contributed by atoms with Gasteiger partial charge in [0.1, 0.15) is 6.54 Å². The number of nitrogens with zero attached hydrogens (tertiary/aromatic N) is 1. The Morgan fingerprint density at radius 1 is 1.00 bits per heavy atom. The van der Waals surface area contributed by atoms with Gasteiger partial charge < -0.3 is 10.6 Å². The van der Waals surface area contributed by atoms with Gasteiger partial charge in [-0.15, -0.1) is 0 Å². The molecule has 0 bridgehead atoms.